The standard InChI is InChI=1S/C33H37F2N5O7S/c1-18-25-26(41)39(33(11-12-33)29(42)47-32(2,3)4)31(43)38(28(25)48-27(18)40-36-13-14-37-40)17-24(22-7-5-6-8-23(22)46-30(34)35)45-21-15-19-9-10-20(16-21)44-19/h5-8,13-14,19-21,24,30H,9-12,15-17H2,1-4H3/t19-,20+,21?,24?. The van der Waals surface area contributed by atoms with Crippen molar-refractivity contribution >= 4 is 27.5 Å². The van der Waals surface area contributed by atoms with Gasteiger partial charge in [0.1, 0.15) is 27.3 Å². The van der Waals surface area contributed by atoms with Gasteiger partial charge in [-0.15, -0.1) is 4.80 Å². The number of carbonyl (C=O) groups is 1. The van der Waals surface area contributed by atoms with Crippen LogP contribution in [-0.4, -0.2) is 60.6 Å². The Balaban J connectivity index is 1.41. The Morgan fingerprint density at radius 3 is 2.40 bits per heavy atom. The Hall–Kier alpha value is -3.95. The van der Waals surface area contributed by atoms with Gasteiger partial charge in [-0.3, -0.25) is 9.36 Å². The molecule has 2 aliphatic heterocycles. The maximum absolute atomic E-state index is 14.7. The summed E-state index contributed by atoms with van der Waals surface area (Å²) in [6.07, 6.45) is 5.40. The van der Waals surface area contributed by atoms with E-state index >= 15 is 0 Å². The number of benzene rings is 1. The molecule has 4 aromatic rings. The summed E-state index contributed by atoms with van der Waals surface area (Å²) in [5.74, 6) is -0.746. The van der Waals surface area contributed by atoms with E-state index in [4.69, 9.17) is 18.9 Å². The fourth-order valence-corrected chi connectivity index (χ4v) is 8.10. The zero-order chi connectivity index (χ0) is 34.0. The first-order valence-electron chi connectivity index (χ1n) is 16.1. The van der Waals surface area contributed by atoms with Gasteiger partial charge in [0.05, 0.1) is 42.6 Å². The van der Waals surface area contributed by atoms with Crippen LogP contribution in [-0.2, 0) is 31.1 Å². The van der Waals surface area contributed by atoms with Crippen molar-refractivity contribution in [3.63, 3.8) is 0 Å². The Kier molecular flexibility index (Phi) is 8.27. The van der Waals surface area contributed by atoms with Crippen LogP contribution in [0.2, 0.25) is 0 Å². The zero-order valence-corrected chi connectivity index (χ0v) is 27.9. The molecule has 3 aliphatic rings. The molecule has 0 radical (unpaired) electrons. The molecular formula is C33H37F2N5O7S. The first-order valence-corrected chi connectivity index (χ1v) is 16.9. The van der Waals surface area contributed by atoms with Crippen molar-refractivity contribution in [2.24, 2.45) is 0 Å². The number of ether oxygens (including phenoxy) is 4. The molecule has 2 unspecified atom stereocenters. The van der Waals surface area contributed by atoms with Gasteiger partial charge in [-0.1, -0.05) is 29.5 Å². The van der Waals surface area contributed by atoms with E-state index in [1.54, 1.807) is 45.9 Å². The van der Waals surface area contributed by atoms with Crippen molar-refractivity contribution in [3.8, 4) is 10.8 Å². The maximum atomic E-state index is 14.7. The van der Waals surface area contributed by atoms with Gasteiger partial charge in [-0.25, -0.2) is 14.2 Å². The lowest BCUT2D eigenvalue weighted by atomic mass is 10.0. The van der Waals surface area contributed by atoms with Crippen molar-refractivity contribution in [2.75, 3.05) is 0 Å². The summed E-state index contributed by atoms with van der Waals surface area (Å²) < 4.78 is 53.0. The van der Waals surface area contributed by atoms with Crippen LogP contribution >= 0.6 is 11.3 Å². The summed E-state index contributed by atoms with van der Waals surface area (Å²) in [7, 11) is 0. The van der Waals surface area contributed by atoms with Crippen LogP contribution in [0.5, 0.6) is 5.75 Å². The molecule has 0 amide bonds. The average molecular weight is 686 g/mol. The molecule has 1 aliphatic carbocycles. The molecule has 4 atom stereocenters. The number of fused-ring (bicyclic) bond motifs is 3. The van der Waals surface area contributed by atoms with Crippen LogP contribution in [0.4, 0.5) is 8.78 Å². The number of aryl methyl sites for hydroxylation is 1. The molecule has 1 aromatic carbocycles. The fourth-order valence-electron chi connectivity index (χ4n) is 6.88. The number of aromatic nitrogens is 5. The van der Waals surface area contributed by atoms with Crippen LogP contribution in [0.25, 0.3) is 15.2 Å². The lowest BCUT2D eigenvalue weighted by Crippen LogP contribution is -2.50. The summed E-state index contributed by atoms with van der Waals surface area (Å²) in [5.41, 5.74) is -2.84. The molecule has 0 spiro atoms. The van der Waals surface area contributed by atoms with Crippen molar-refractivity contribution in [2.45, 2.75) is 115 Å². The largest absolute Gasteiger partial charge is 0.458 e. The SMILES string of the molecule is Cc1c(-n2nccn2)sc2c1c(=O)n(C1(C(=O)OC(C)(C)C)CC1)c(=O)n2CC(OC1C[C@H]2CC[C@@H](C1)O2)c1ccccc1OC(F)F. The van der Waals surface area contributed by atoms with Crippen LogP contribution in [0.15, 0.2) is 46.2 Å². The highest BCUT2D eigenvalue weighted by atomic mass is 32.1. The van der Waals surface area contributed by atoms with Gasteiger partial charge >= 0.3 is 18.3 Å². The molecule has 2 saturated heterocycles. The molecule has 15 heteroatoms. The lowest BCUT2D eigenvalue weighted by Gasteiger charge is -2.32. The average Bonchev–Trinajstić information content (AvgIpc) is 3.30. The number of rotatable bonds is 10. The molecule has 5 heterocycles. The number of esters is 1. The fraction of sp³-hybridized carbons (Fsp3) is 0.545. The summed E-state index contributed by atoms with van der Waals surface area (Å²) in [4.78, 5) is 44.3. The highest BCUT2D eigenvalue weighted by Gasteiger charge is 2.56. The van der Waals surface area contributed by atoms with Crippen molar-refractivity contribution in [3.05, 3.63) is 68.6 Å². The highest BCUT2D eigenvalue weighted by Crippen LogP contribution is 2.45. The molecule has 0 N–H and O–H groups in total. The number of alkyl halides is 2. The molecule has 3 fully saturated rings. The number of halogens is 2. The smallest absolute Gasteiger partial charge is 0.387 e. The van der Waals surface area contributed by atoms with Gasteiger partial charge < -0.3 is 18.9 Å². The Morgan fingerprint density at radius 1 is 1.10 bits per heavy atom. The lowest BCUT2D eigenvalue weighted by molar-refractivity contribution is -0.161. The predicted molar refractivity (Wildman–Crippen MR) is 171 cm³/mol. The van der Waals surface area contributed by atoms with Crippen LogP contribution in [0.1, 0.15) is 76.5 Å². The minimum absolute atomic E-state index is 0.0333. The topological polar surface area (TPSA) is 129 Å². The van der Waals surface area contributed by atoms with Gasteiger partial charge in [0.25, 0.3) is 5.56 Å². The monoisotopic (exact) mass is 685 g/mol. The van der Waals surface area contributed by atoms with Crippen molar-refractivity contribution < 1.29 is 32.5 Å². The zero-order valence-electron chi connectivity index (χ0n) is 27.1. The van der Waals surface area contributed by atoms with Gasteiger partial charge in [-0.2, -0.15) is 19.0 Å². The Labute approximate surface area is 278 Å². The van der Waals surface area contributed by atoms with Gasteiger partial charge in [0.15, 0.2) is 5.54 Å². The highest BCUT2D eigenvalue weighted by molar-refractivity contribution is 7.21. The number of para-hydroxylation sites is 1. The third kappa shape index (κ3) is 5.96. The molecule has 48 heavy (non-hydrogen) atoms. The predicted octanol–water partition coefficient (Wildman–Crippen LogP) is 5.01. The molecular weight excluding hydrogens is 648 g/mol. The van der Waals surface area contributed by atoms with E-state index in [2.05, 4.69) is 10.2 Å². The van der Waals surface area contributed by atoms with E-state index in [-0.39, 0.29) is 48.8 Å². The van der Waals surface area contributed by atoms with E-state index in [0.717, 1.165) is 28.7 Å². The molecule has 1 saturated carbocycles. The van der Waals surface area contributed by atoms with Crippen molar-refractivity contribution in [1.82, 2.24) is 24.1 Å². The van der Waals surface area contributed by atoms with Gasteiger partial charge in [0.2, 0.25) is 0 Å². The molecule has 3 aromatic heterocycles. The Morgan fingerprint density at radius 2 is 1.77 bits per heavy atom. The second-order valence-electron chi connectivity index (χ2n) is 13.7. The molecule has 12 nitrogen and oxygen atoms in total. The first-order chi connectivity index (χ1) is 22.8. The number of nitrogens with zero attached hydrogens (tertiary/aromatic N) is 5. The molecule has 7 rings (SSSR count). The van der Waals surface area contributed by atoms with Crippen molar-refractivity contribution in [1.29, 1.82) is 0 Å². The second-order valence-corrected chi connectivity index (χ2v) is 14.7. The Bertz CT molecular complexity index is 1950. The van der Waals surface area contributed by atoms with Crippen LogP contribution in [0.3, 0.4) is 0 Å². The molecule has 2 bridgehead atoms. The number of thiophene rings is 1. The van der Waals surface area contributed by atoms with Crippen LogP contribution in [0, 0.1) is 6.92 Å². The third-order valence-corrected chi connectivity index (χ3v) is 10.4. The van der Waals surface area contributed by atoms with Gasteiger partial charge in [-0.05, 0) is 72.3 Å². The van der Waals surface area contributed by atoms with Gasteiger partial charge in [0, 0.05) is 11.1 Å². The minimum atomic E-state index is -3.09. The van der Waals surface area contributed by atoms with E-state index < -0.39 is 41.1 Å². The van der Waals surface area contributed by atoms with E-state index in [1.165, 1.54) is 27.8 Å². The third-order valence-electron chi connectivity index (χ3n) is 9.15. The number of carbonyl (C=O) groups excluding carboxylic acids is 1. The minimum Gasteiger partial charge on any atom is -0.458 e. The maximum Gasteiger partial charge on any atom is 0.387 e. The first kappa shape index (κ1) is 32.6. The number of hydrogen-bond acceptors (Lipinski definition) is 10. The summed E-state index contributed by atoms with van der Waals surface area (Å²) in [5, 5.41) is 9.22. The quantitative estimate of drug-likeness (QED) is 0.212. The number of hydrogen-bond donors (Lipinski definition) is 0. The summed E-state index contributed by atoms with van der Waals surface area (Å²) in [6, 6.07) is 6.34. The van der Waals surface area contributed by atoms with Crippen LogP contribution < -0.4 is 16.0 Å². The van der Waals surface area contributed by atoms with E-state index in [9.17, 15) is 23.2 Å². The van der Waals surface area contributed by atoms with E-state index in [1.807, 2.05) is 0 Å². The summed E-state index contributed by atoms with van der Waals surface area (Å²) in [6.45, 7) is 3.66. The summed E-state index contributed by atoms with van der Waals surface area (Å²) >= 11 is 1.15. The second kappa shape index (κ2) is 12.2. The normalized spacial score (nSPS) is 22.3. The van der Waals surface area contributed by atoms with E-state index in [0.29, 0.717) is 33.8 Å². The molecule has 256 valence electrons.